The number of halogens is 1. The van der Waals surface area contributed by atoms with E-state index in [2.05, 4.69) is 26.5 Å². The number of ether oxygens (including phenoxy) is 2. The van der Waals surface area contributed by atoms with Crippen LogP contribution >= 0.6 is 15.9 Å². The number of benzene rings is 3. The first-order valence-corrected chi connectivity index (χ1v) is 10.8. The normalized spacial score (nSPS) is 10.8. The lowest BCUT2D eigenvalue weighted by Crippen LogP contribution is -2.19. The van der Waals surface area contributed by atoms with E-state index < -0.39 is 0 Å². The fraction of sp³-hybridized carbons (Fsp3) is 0.200. The number of hydrogen-bond acceptors (Lipinski definition) is 4. The molecule has 0 saturated heterocycles. The van der Waals surface area contributed by atoms with Crippen molar-refractivity contribution < 1.29 is 14.3 Å². The van der Waals surface area contributed by atoms with Crippen molar-refractivity contribution in [2.75, 3.05) is 6.61 Å². The molecular formula is C25H25BrN2O3. The van der Waals surface area contributed by atoms with Crippen molar-refractivity contribution in [2.24, 2.45) is 5.10 Å². The molecule has 0 saturated carbocycles. The third kappa shape index (κ3) is 6.96. The summed E-state index contributed by atoms with van der Waals surface area (Å²) >= 11 is 3.56. The molecule has 31 heavy (non-hydrogen) atoms. The fourth-order valence-corrected chi connectivity index (χ4v) is 3.48. The van der Waals surface area contributed by atoms with Crippen molar-refractivity contribution in [1.29, 1.82) is 0 Å². The van der Waals surface area contributed by atoms with Crippen LogP contribution in [0.25, 0.3) is 0 Å². The van der Waals surface area contributed by atoms with Gasteiger partial charge in [-0.3, -0.25) is 4.79 Å². The first-order chi connectivity index (χ1) is 15.0. The Hall–Kier alpha value is -3.12. The highest BCUT2D eigenvalue weighted by atomic mass is 79.9. The van der Waals surface area contributed by atoms with Gasteiger partial charge in [-0.15, -0.1) is 0 Å². The summed E-state index contributed by atoms with van der Waals surface area (Å²) in [4.78, 5) is 12.1. The SMILES string of the molecule is CCOc1cc(/C=N/NC(=O)Cc2ccc(C)cc2)cc(Br)c1OCc1ccccc1. The highest BCUT2D eigenvalue weighted by Gasteiger charge is 2.12. The molecule has 3 aromatic rings. The summed E-state index contributed by atoms with van der Waals surface area (Å²) in [6.45, 7) is 4.87. The van der Waals surface area contributed by atoms with Gasteiger partial charge in [-0.25, -0.2) is 5.43 Å². The predicted molar refractivity (Wildman–Crippen MR) is 127 cm³/mol. The van der Waals surface area contributed by atoms with Crippen molar-refractivity contribution in [3.63, 3.8) is 0 Å². The largest absolute Gasteiger partial charge is 0.490 e. The van der Waals surface area contributed by atoms with Gasteiger partial charge in [0.1, 0.15) is 6.61 Å². The van der Waals surface area contributed by atoms with Gasteiger partial charge < -0.3 is 9.47 Å². The van der Waals surface area contributed by atoms with E-state index in [9.17, 15) is 4.79 Å². The molecular weight excluding hydrogens is 456 g/mol. The number of hydrazone groups is 1. The number of hydrogen-bond donors (Lipinski definition) is 1. The lowest BCUT2D eigenvalue weighted by atomic mass is 10.1. The summed E-state index contributed by atoms with van der Waals surface area (Å²) in [7, 11) is 0. The van der Waals surface area contributed by atoms with Crippen LogP contribution in [0.2, 0.25) is 0 Å². The fourth-order valence-electron chi connectivity index (χ4n) is 2.90. The number of amides is 1. The maximum atomic E-state index is 12.1. The van der Waals surface area contributed by atoms with Crippen molar-refractivity contribution in [1.82, 2.24) is 5.43 Å². The van der Waals surface area contributed by atoms with Gasteiger partial charge in [0.05, 0.1) is 23.7 Å². The average Bonchev–Trinajstić information content (AvgIpc) is 2.76. The first kappa shape index (κ1) is 22.6. The van der Waals surface area contributed by atoms with Gasteiger partial charge in [-0.2, -0.15) is 5.10 Å². The van der Waals surface area contributed by atoms with E-state index in [0.717, 1.165) is 26.7 Å². The van der Waals surface area contributed by atoms with Crippen LogP contribution < -0.4 is 14.9 Å². The summed E-state index contributed by atoms with van der Waals surface area (Å²) in [5.74, 6) is 1.07. The Morgan fingerprint density at radius 2 is 1.77 bits per heavy atom. The van der Waals surface area contributed by atoms with E-state index in [4.69, 9.17) is 9.47 Å². The summed E-state index contributed by atoms with van der Waals surface area (Å²) in [5.41, 5.74) is 6.52. The monoisotopic (exact) mass is 480 g/mol. The molecule has 1 amide bonds. The summed E-state index contributed by atoms with van der Waals surface area (Å²) in [5, 5.41) is 4.08. The molecule has 0 atom stereocenters. The van der Waals surface area contributed by atoms with Crippen molar-refractivity contribution in [2.45, 2.75) is 26.9 Å². The number of carbonyl (C=O) groups is 1. The zero-order valence-corrected chi connectivity index (χ0v) is 19.2. The molecule has 6 heteroatoms. The van der Waals surface area contributed by atoms with E-state index in [1.807, 2.05) is 80.6 Å². The van der Waals surface area contributed by atoms with Gasteiger partial charge >= 0.3 is 0 Å². The Kier molecular flexibility index (Phi) is 8.24. The van der Waals surface area contributed by atoms with Crippen LogP contribution in [0, 0.1) is 6.92 Å². The van der Waals surface area contributed by atoms with E-state index in [1.165, 1.54) is 0 Å². The quantitative estimate of drug-likeness (QED) is 0.328. The van der Waals surface area contributed by atoms with Gasteiger partial charge in [-0.05, 0) is 58.6 Å². The van der Waals surface area contributed by atoms with Gasteiger partial charge in [-0.1, -0.05) is 60.2 Å². The maximum Gasteiger partial charge on any atom is 0.244 e. The van der Waals surface area contributed by atoms with Gasteiger partial charge in [0.15, 0.2) is 11.5 Å². The minimum Gasteiger partial charge on any atom is -0.490 e. The molecule has 0 aliphatic carbocycles. The number of rotatable bonds is 9. The van der Waals surface area contributed by atoms with Crippen LogP contribution in [-0.4, -0.2) is 18.7 Å². The van der Waals surface area contributed by atoms with Crippen molar-refractivity contribution >= 4 is 28.1 Å². The predicted octanol–water partition coefficient (Wildman–Crippen LogP) is 5.43. The smallest absolute Gasteiger partial charge is 0.244 e. The van der Waals surface area contributed by atoms with Crippen LogP contribution in [0.1, 0.15) is 29.2 Å². The summed E-state index contributed by atoms with van der Waals surface area (Å²) in [6.07, 6.45) is 1.86. The maximum absolute atomic E-state index is 12.1. The molecule has 0 aliphatic heterocycles. The second-order valence-corrected chi connectivity index (χ2v) is 7.85. The highest BCUT2D eigenvalue weighted by Crippen LogP contribution is 2.37. The summed E-state index contributed by atoms with van der Waals surface area (Å²) < 4.78 is 12.5. The molecule has 3 rings (SSSR count). The zero-order valence-electron chi connectivity index (χ0n) is 17.6. The molecule has 0 aliphatic rings. The molecule has 0 spiro atoms. The van der Waals surface area contributed by atoms with Gasteiger partial charge in [0.25, 0.3) is 0 Å². The van der Waals surface area contributed by atoms with Crippen LogP contribution in [0.3, 0.4) is 0 Å². The number of aryl methyl sites for hydroxylation is 1. The second-order valence-electron chi connectivity index (χ2n) is 6.99. The van der Waals surface area contributed by atoms with Gasteiger partial charge in [0, 0.05) is 0 Å². The van der Waals surface area contributed by atoms with Crippen LogP contribution in [0.15, 0.2) is 76.3 Å². The van der Waals surface area contributed by atoms with Crippen molar-refractivity contribution in [3.05, 3.63) is 93.5 Å². The Balaban J connectivity index is 1.65. The molecule has 0 fully saturated rings. The molecule has 160 valence electrons. The Bertz CT molecular complexity index is 1030. The molecule has 0 radical (unpaired) electrons. The van der Waals surface area contributed by atoms with E-state index in [-0.39, 0.29) is 12.3 Å². The molecule has 0 aromatic heterocycles. The lowest BCUT2D eigenvalue weighted by Gasteiger charge is -2.14. The molecule has 3 aromatic carbocycles. The first-order valence-electron chi connectivity index (χ1n) is 10.1. The van der Waals surface area contributed by atoms with Crippen LogP contribution in [-0.2, 0) is 17.8 Å². The lowest BCUT2D eigenvalue weighted by molar-refractivity contribution is -0.120. The molecule has 0 unspecified atom stereocenters. The number of nitrogens with one attached hydrogen (secondary N) is 1. The third-order valence-corrected chi connectivity index (χ3v) is 5.03. The summed E-state index contributed by atoms with van der Waals surface area (Å²) in [6, 6.07) is 21.5. The molecule has 1 N–H and O–H groups in total. The minimum absolute atomic E-state index is 0.174. The van der Waals surface area contributed by atoms with E-state index in [1.54, 1.807) is 6.21 Å². The Labute approximate surface area is 191 Å². The zero-order chi connectivity index (χ0) is 22.1. The van der Waals surface area contributed by atoms with Gasteiger partial charge in [0.2, 0.25) is 5.91 Å². The molecule has 0 bridgehead atoms. The minimum atomic E-state index is -0.174. The Morgan fingerprint density at radius 3 is 2.48 bits per heavy atom. The van der Waals surface area contributed by atoms with Crippen LogP contribution in [0.5, 0.6) is 11.5 Å². The Morgan fingerprint density at radius 1 is 1.03 bits per heavy atom. The second kappa shape index (κ2) is 11.3. The standard InChI is InChI=1S/C25H25BrN2O3/c1-3-30-23-14-21(13-22(26)25(23)31-17-20-7-5-4-6-8-20)16-27-28-24(29)15-19-11-9-18(2)10-12-19/h4-14,16H,3,15,17H2,1-2H3,(H,28,29)/b27-16+. The topological polar surface area (TPSA) is 59.9 Å². The average molecular weight is 481 g/mol. The molecule has 5 nitrogen and oxygen atoms in total. The van der Waals surface area contributed by atoms with Crippen LogP contribution in [0.4, 0.5) is 0 Å². The third-order valence-electron chi connectivity index (χ3n) is 4.45. The van der Waals surface area contributed by atoms with E-state index >= 15 is 0 Å². The number of nitrogens with zero attached hydrogens (tertiary/aromatic N) is 1. The molecule has 0 heterocycles. The number of carbonyl (C=O) groups excluding carboxylic acids is 1. The van der Waals surface area contributed by atoms with Crippen molar-refractivity contribution in [3.8, 4) is 11.5 Å². The van der Waals surface area contributed by atoms with E-state index in [0.29, 0.717) is 24.7 Å². The highest BCUT2D eigenvalue weighted by molar-refractivity contribution is 9.10.